The molecule has 0 aliphatic carbocycles. The van der Waals surface area contributed by atoms with Crippen LogP contribution >= 0.6 is 15.9 Å². The van der Waals surface area contributed by atoms with Crippen LogP contribution in [0.2, 0.25) is 0 Å². The Morgan fingerprint density at radius 2 is 1.73 bits per heavy atom. The number of carbonyl (C=O) groups is 1. The monoisotopic (exact) mass is 382 g/mol. The molecule has 0 bridgehead atoms. The number of sulfonamides is 1. The highest BCUT2D eigenvalue weighted by Gasteiger charge is 2.13. The fraction of sp³-hybridized carbons (Fsp3) is 0.133. The summed E-state index contributed by atoms with van der Waals surface area (Å²) in [6, 6.07) is 11.3. The highest BCUT2D eigenvalue weighted by atomic mass is 79.9. The van der Waals surface area contributed by atoms with Crippen molar-refractivity contribution in [1.82, 2.24) is 4.72 Å². The number of carbonyl (C=O) groups excluding carboxylic acids is 1. The summed E-state index contributed by atoms with van der Waals surface area (Å²) in [7, 11) is -2.16. The summed E-state index contributed by atoms with van der Waals surface area (Å²) in [6.45, 7) is 1.89. The molecule has 0 saturated carbocycles. The first-order chi connectivity index (χ1) is 10.3. The number of halogens is 1. The Balaban J connectivity index is 2.20. The number of hydrogen-bond donors (Lipinski definition) is 2. The minimum Gasteiger partial charge on any atom is -0.322 e. The number of rotatable bonds is 4. The fourth-order valence-electron chi connectivity index (χ4n) is 1.87. The highest BCUT2D eigenvalue weighted by molar-refractivity contribution is 9.10. The van der Waals surface area contributed by atoms with Gasteiger partial charge in [0.2, 0.25) is 10.0 Å². The molecule has 1 amide bonds. The van der Waals surface area contributed by atoms with Gasteiger partial charge in [0, 0.05) is 15.7 Å². The number of nitrogens with one attached hydrogen (secondary N) is 2. The van der Waals surface area contributed by atoms with Crippen LogP contribution in [0, 0.1) is 6.92 Å². The molecule has 0 saturated heterocycles. The van der Waals surface area contributed by atoms with Crippen molar-refractivity contribution in [3.63, 3.8) is 0 Å². The predicted molar refractivity (Wildman–Crippen MR) is 89.5 cm³/mol. The second-order valence-corrected chi connectivity index (χ2v) is 7.45. The van der Waals surface area contributed by atoms with Crippen molar-refractivity contribution in [2.75, 3.05) is 12.4 Å². The zero-order valence-electron chi connectivity index (χ0n) is 12.1. The fourth-order valence-corrected chi connectivity index (χ4v) is 3.07. The van der Waals surface area contributed by atoms with Crippen molar-refractivity contribution >= 4 is 37.5 Å². The van der Waals surface area contributed by atoms with E-state index >= 15 is 0 Å². The highest BCUT2D eigenvalue weighted by Crippen LogP contribution is 2.21. The first-order valence-electron chi connectivity index (χ1n) is 6.44. The van der Waals surface area contributed by atoms with Crippen LogP contribution in [0.15, 0.2) is 51.8 Å². The summed E-state index contributed by atoms with van der Waals surface area (Å²) in [5.74, 6) is -0.293. The van der Waals surface area contributed by atoms with Crippen LogP contribution in [0.5, 0.6) is 0 Å². The zero-order chi connectivity index (χ0) is 16.3. The second-order valence-electron chi connectivity index (χ2n) is 4.65. The molecule has 0 heterocycles. The van der Waals surface area contributed by atoms with E-state index in [1.165, 1.54) is 31.3 Å². The first kappa shape index (κ1) is 16.7. The van der Waals surface area contributed by atoms with Crippen LogP contribution in [0.3, 0.4) is 0 Å². The van der Waals surface area contributed by atoms with E-state index in [2.05, 4.69) is 26.0 Å². The van der Waals surface area contributed by atoms with Gasteiger partial charge in [-0.3, -0.25) is 4.79 Å². The largest absolute Gasteiger partial charge is 0.322 e. The third-order valence-corrected chi connectivity index (χ3v) is 5.06. The van der Waals surface area contributed by atoms with Gasteiger partial charge in [-0.1, -0.05) is 15.9 Å². The predicted octanol–water partition coefficient (Wildman–Crippen LogP) is 2.92. The van der Waals surface area contributed by atoms with Crippen LogP contribution in [0.25, 0.3) is 0 Å². The van der Waals surface area contributed by atoms with Crippen molar-refractivity contribution in [1.29, 1.82) is 0 Å². The van der Waals surface area contributed by atoms with Gasteiger partial charge in [-0.05, 0) is 62.0 Å². The molecule has 0 atom stereocenters. The average Bonchev–Trinajstić information content (AvgIpc) is 2.50. The normalized spacial score (nSPS) is 11.2. The molecule has 0 aromatic heterocycles. The minimum atomic E-state index is -3.50. The zero-order valence-corrected chi connectivity index (χ0v) is 14.5. The molecule has 5 nitrogen and oxygen atoms in total. The van der Waals surface area contributed by atoms with Crippen LogP contribution in [-0.4, -0.2) is 21.4 Å². The number of benzene rings is 2. The van der Waals surface area contributed by atoms with Gasteiger partial charge in [-0.15, -0.1) is 0 Å². The summed E-state index contributed by atoms with van der Waals surface area (Å²) in [4.78, 5) is 12.3. The molecule has 2 rings (SSSR count). The maximum Gasteiger partial charge on any atom is 0.255 e. The van der Waals surface area contributed by atoms with Crippen LogP contribution in [-0.2, 0) is 10.0 Å². The van der Waals surface area contributed by atoms with Crippen molar-refractivity contribution in [2.24, 2.45) is 0 Å². The molecule has 2 aromatic carbocycles. The van der Waals surface area contributed by atoms with Crippen LogP contribution < -0.4 is 10.0 Å². The summed E-state index contributed by atoms with van der Waals surface area (Å²) in [5.41, 5.74) is 2.02. The van der Waals surface area contributed by atoms with Crippen LogP contribution in [0.4, 0.5) is 5.69 Å². The molecule has 22 heavy (non-hydrogen) atoms. The molecule has 2 N–H and O–H groups in total. The van der Waals surface area contributed by atoms with E-state index in [1.54, 1.807) is 6.07 Å². The summed E-state index contributed by atoms with van der Waals surface area (Å²) in [6.07, 6.45) is 0. The van der Waals surface area contributed by atoms with E-state index in [9.17, 15) is 13.2 Å². The lowest BCUT2D eigenvalue weighted by Gasteiger charge is -2.09. The molecular weight excluding hydrogens is 368 g/mol. The second kappa shape index (κ2) is 6.60. The smallest absolute Gasteiger partial charge is 0.255 e. The number of amides is 1. The van der Waals surface area contributed by atoms with Crippen molar-refractivity contribution in [2.45, 2.75) is 11.8 Å². The van der Waals surface area contributed by atoms with Gasteiger partial charge in [0.15, 0.2) is 0 Å². The minimum absolute atomic E-state index is 0.117. The molecule has 0 spiro atoms. The van der Waals surface area contributed by atoms with E-state index in [0.717, 1.165) is 10.0 Å². The average molecular weight is 383 g/mol. The van der Waals surface area contributed by atoms with E-state index in [1.807, 2.05) is 19.1 Å². The number of anilines is 1. The molecule has 0 unspecified atom stereocenters. The molecule has 0 aliphatic heterocycles. The van der Waals surface area contributed by atoms with E-state index in [-0.39, 0.29) is 10.8 Å². The third-order valence-electron chi connectivity index (χ3n) is 3.13. The Morgan fingerprint density at radius 1 is 1.09 bits per heavy atom. The van der Waals surface area contributed by atoms with Gasteiger partial charge in [0.05, 0.1) is 4.90 Å². The van der Waals surface area contributed by atoms with E-state index in [0.29, 0.717) is 11.3 Å². The van der Waals surface area contributed by atoms with Gasteiger partial charge in [-0.25, -0.2) is 13.1 Å². The Kier molecular flexibility index (Phi) is 5.00. The summed E-state index contributed by atoms with van der Waals surface area (Å²) >= 11 is 3.37. The number of aryl methyl sites for hydroxylation is 1. The van der Waals surface area contributed by atoms with E-state index < -0.39 is 10.0 Å². The van der Waals surface area contributed by atoms with Gasteiger partial charge < -0.3 is 5.32 Å². The maximum atomic E-state index is 12.2. The van der Waals surface area contributed by atoms with Gasteiger partial charge in [0.25, 0.3) is 5.91 Å². The summed E-state index contributed by atoms with van der Waals surface area (Å²) in [5, 5.41) is 2.80. The van der Waals surface area contributed by atoms with E-state index in [4.69, 9.17) is 0 Å². The molecule has 0 aliphatic rings. The summed E-state index contributed by atoms with van der Waals surface area (Å²) < 4.78 is 26.4. The molecule has 2 aromatic rings. The molecule has 0 radical (unpaired) electrons. The van der Waals surface area contributed by atoms with Gasteiger partial charge in [0.1, 0.15) is 0 Å². The molecular formula is C15H15BrN2O3S. The molecule has 7 heteroatoms. The maximum absolute atomic E-state index is 12.2. The lowest BCUT2D eigenvalue weighted by atomic mass is 10.1. The van der Waals surface area contributed by atoms with Crippen molar-refractivity contribution in [3.05, 3.63) is 58.1 Å². The Bertz CT molecular complexity index is 802. The Hall–Kier alpha value is -1.70. The first-order valence-corrected chi connectivity index (χ1v) is 8.72. The lowest BCUT2D eigenvalue weighted by molar-refractivity contribution is 0.102. The SMILES string of the molecule is CNS(=O)(=O)c1ccc(C(=O)Nc2ccc(Br)cc2C)cc1. The van der Waals surface area contributed by atoms with Gasteiger partial charge >= 0.3 is 0 Å². The van der Waals surface area contributed by atoms with Crippen molar-refractivity contribution in [3.8, 4) is 0 Å². The van der Waals surface area contributed by atoms with Crippen LogP contribution in [0.1, 0.15) is 15.9 Å². The standard InChI is InChI=1S/C15H15BrN2O3S/c1-10-9-12(16)5-8-14(10)18-15(19)11-3-6-13(7-4-11)22(20,21)17-2/h3-9,17H,1-2H3,(H,18,19). The Morgan fingerprint density at radius 3 is 2.27 bits per heavy atom. The quantitative estimate of drug-likeness (QED) is 0.853. The molecule has 116 valence electrons. The number of hydrogen-bond acceptors (Lipinski definition) is 3. The van der Waals surface area contributed by atoms with Gasteiger partial charge in [-0.2, -0.15) is 0 Å². The van der Waals surface area contributed by atoms with Crippen molar-refractivity contribution < 1.29 is 13.2 Å². The molecule has 0 fully saturated rings. The Labute approximate surface area is 137 Å². The topological polar surface area (TPSA) is 75.3 Å². The lowest BCUT2D eigenvalue weighted by Crippen LogP contribution is -2.19. The third kappa shape index (κ3) is 3.73.